The lowest BCUT2D eigenvalue weighted by atomic mass is 10.1. The zero-order valence-corrected chi connectivity index (χ0v) is 17.2. The number of anilines is 1. The van der Waals surface area contributed by atoms with Gasteiger partial charge in [0.25, 0.3) is 5.91 Å². The molecular weight excluding hydrogens is 395 g/mol. The second-order valence-corrected chi connectivity index (χ2v) is 7.23. The maximum atomic E-state index is 13.1. The van der Waals surface area contributed by atoms with Crippen molar-refractivity contribution in [1.29, 1.82) is 0 Å². The highest BCUT2D eigenvalue weighted by atomic mass is 19.1. The minimum atomic E-state index is -0.384. The smallest absolute Gasteiger partial charge is 0.277 e. The molecule has 0 bridgehead atoms. The summed E-state index contributed by atoms with van der Waals surface area (Å²) >= 11 is 0. The fraction of sp³-hybridized carbons (Fsp3) is 0.125. The molecule has 1 N–H and O–H groups in total. The van der Waals surface area contributed by atoms with Crippen LogP contribution < -0.4 is 10.1 Å². The van der Waals surface area contributed by atoms with Gasteiger partial charge in [0.05, 0.1) is 11.9 Å². The van der Waals surface area contributed by atoms with Gasteiger partial charge in [0, 0.05) is 5.69 Å². The van der Waals surface area contributed by atoms with Gasteiger partial charge >= 0.3 is 0 Å². The number of halogens is 1. The van der Waals surface area contributed by atoms with E-state index in [1.165, 1.54) is 28.6 Å². The maximum absolute atomic E-state index is 13.1. The molecule has 1 heterocycles. The number of aromatic nitrogens is 3. The van der Waals surface area contributed by atoms with Gasteiger partial charge in [-0.3, -0.25) is 4.79 Å². The summed E-state index contributed by atoms with van der Waals surface area (Å²) in [5.74, 6) is -0.00670. The predicted molar refractivity (Wildman–Crippen MR) is 116 cm³/mol. The molecule has 4 aromatic rings. The lowest BCUT2D eigenvalue weighted by Crippen LogP contribution is -2.13. The Hall–Kier alpha value is -4.00. The molecule has 0 fully saturated rings. The summed E-state index contributed by atoms with van der Waals surface area (Å²) in [5, 5.41) is 10.7. The third-order valence-electron chi connectivity index (χ3n) is 4.75. The quantitative estimate of drug-likeness (QED) is 0.488. The third kappa shape index (κ3) is 4.95. The highest BCUT2D eigenvalue weighted by Gasteiger charge is 2.13. The molecule has 0 aliphatic rings. The van der Waals surface area contributed by atoms with E-state index >= 15 is 0 Å². The molecule has 1 amide bonds. The molecule has 4 rings (SSSR count). The Morgan fingerprint density at radius 1 is 1.06 bits per heavy atom. The van der Waals surface area contributed by atoms with Crippen LogP contribution in [0.25, 0.3) is 5.69 Å². The predicted octanol–water partition coefficient (Wildman–Crippen LogP) is 4.85. The topological polar surface area (TPSA) is 69.0 Å². The number of ether oxygens (including phenoxy) is 1. The van der Waals surface area contributed by atoms with E-state index < -0.39 is 0 Å². The van der Waals surface area contributed by atoms with Crippen LogP contribution in [0.3, 0.4) is 0 Å². The number of rotatable bonds is 6. The highest BCUT2D eigenvalue weighted by Crippen LogP contribution is 2.23. The normalized spacial score (nSPS) is 10.7. The van der Waals surface area contributed by atoms with E-state index in [0.29, 0.717) is 18.0 Å². The van der Waals surface area contributed by atoms with E-state index in [0.717, 1.165) is 16.9 Å². The van der Waals surface area contributed by atoms with Crippen molar-refractivity contribution < 1.29 is 13.9 Å². The average molecular weight is 416 g/mol. The first-order valence-corrected chi connectivity index (χ1v) is 9.76. The zero-order valence-electron chi connectivity index (χ0n) is 17.2. The first-order valence-electron chi connectivity index (χ1n) is 9.76. The van der Waals surface area contributed by atoms with Gasteiger partial charge in [-0.2, -0.15) is 0 Å². The van der Waals surface area contributed by atoms with Crippen molar-refractivity contribution in [2.75, 3.05) is 5.32 Å². The van der Waals surface area contributed by atoms with Gasteiger partial charge in [-0.25, -0.2) is 9.07 Å². The summed E-state index contributed by atoms with van der Waals surface area (Å²) < 4.78 is 20.4. The molecule has 0 unspecified atom stereocenters. The first kappa shape index (κ1) is 20.3. The lowest BCUT2D eigenvalue weighted by molar-refractivity contribution is 0.102. The summed E-state index contributed by atoms with van der Waals surface area (Å²) in [6.07, 6.45) is 1.50. The molecule has 0 saturated heterocycles. The fourth-order valence-electron chi connectivity index (χ4n) is 3.11. The number of hydrogen-bond donors (Lipinski definition) is 1. The summed E-state index contributed by atoms with van der Waals surface area (Å²) in [6, 6.07) is 19.4. The number of nitrogens with one attached hydrogen (secondary N) is 1. The standard InChI is InChI=1S/C24H21FN4O2/c1-16-4-3-5-18(12-16)15-31-21-10-11-22(17(2)13-21)26-24(30)23-14-29(28-27-23)20-8-6-19(25)7-9-20/h3-14H,15H2,1-2H3,(H,26,30). The Balaban J connectivity index is 1.41. The average Bonchev–Trinajstić information content (AvgIpc) is 3.25. The number of benzene rings is 3. The van der Waals surface area contributed by atoms with Crippen LogP contribution in [-0.4, -0.2) is 20.9 Å². The number of amides is 1. The minimum Gasteiger partial charge on any atom is -0.489 e. The van der Waals surface area contributed by atoms with E-state index in [-0.39, 0.29) is 17.4 Å². The Bertz CT molecular complexity index is 1220. The van der Waals surface area contributed by atoms with Crippen molar-refractivity contribution in [3.8, 4) is 11.4 Å². The number of carbonyl (C=O) groups excluding carboxylic acids is 1. The van der Waals surface area contributed by atoms with Gasteiger partial charge in [0.2, 0.25) is 0 Å². The molecule has 0 radical (unpaired) electrons. The molecule has 0 aliphatic heterocycles. The molecule has 0 spiro atoms. The van der Waals surface area contributed by atoms with Crippen LogP contribution in [-0.2, 0) is 6.61 Å². The van der Waals surface area contributed by atoms with Gasteiger partial charge in [-0.1, -0.05) is 35.0 Å². The molecule has 3 aromatic carbocycles. The molecule has 6 nitrogen and oxygen atoms in total. The monoisotopic (exact) mass is 416 g/mol. The minimum absolute atomic E-state index is 0.156. The molecule has 0 saturated carbocycles. The van der Waals surface area contributed by atoms with Gasteiger partial charge in [-0.15, -0.1) is 5.10 Å². The number of nitrogens with zero attached hydrogens (tertiary/aromatic N) is 3. The van der Waals surface area contributed by atoms with Crippen molar-refractivity contribution in [2.24, 2.45) is 0 Å². The lowest BCUT2D eigenvalue weighted by Gasteiger charge is -2.11. The van der Waals surface area contributed by atoms with Crippen LogP contribution >= 0.6 is 0 Å². The van der Waals surface area contributed by atoms with E-state index in [2.05, 4.69) is 21.7 Å². The molecule has 156 valence electrons. The second-order valence-electron chi connectivity index (χ2n) is 7.23. The van der Waals surface area contributed by atoms with Crippen molar-refractivity contribution >= 4 is 11.6 Å². The van der Waals surface area contributed by atoms with Crippen LogP contribution in [0.15, 0.2) is 72.9 Å². The molecule has 31 heavy (non-hydrogen) atoms. The van der Waals surface area contributed by atoms with Crippen molar-refractivity contribution in [2.45, 2.75) is 20.5 Å². The van der Waals surface area contributed by atoms with Gasteiger partial charge < -0.3 is 10.1 Å². The van der Waals surface area contributed by atoms with Gasteiger partial charge in [0.15, 0.2) is 5.69 Å². The molecule has 0 aliphatic carbocycles. The molecule has 1 aromatic heterocycles. The van der Waals surface area contributed by atoms with Crippen LogP contribution in [0.1, 0.15) is 27.2 Å². The van der Waals surface area contributed by atoms with Crippen molar-refractivity contribution in [3.05, 3.63) is 101 Å². The van der Waals surface area contributed by atoms with E-state index in [1.54, 1.807) is 18.2 Å². The third-order valence-corrected chi connectivity index (χ3v) is 4.75. The molecule has 0 atom stereocenters. The van der Waals surface area contributed by atoms with Crippen LogP contribution in [0.5, 0.6) is 5.75 Å². The summed E-state index contributed by atoms with van der Waals surface area (Å²) in [7, 11) is 0. The van der Waals surface area contributed by atoms with E-state index in [1.807, 2.05) is 44.2 Å². The van der Waals surface area contributed by atoms with Crippen LogP contribution in [0, 0.1) is 19.7 Å². The van der Waals surface area contributed by atoms with Crippen LogP contribution in [0.4, 0.5) is 10.1 Å². The van der Waals surface area contributed by atoms with Crippen molar-refractivity contribution in [3.63, 3.8) is 0 Å². The zero-order chi connectivity index (χ0) is 21.8. The van der Waals surface area contributed by atoms with Gasteiger partial charge in [-0.05, 0) is 67.4 Å². The van der Waals surface area contributed by atoms with Crippen molar-refractivity contribution in [1.82, 2.24) is 15.0 Å². The molecular formula is C24H21FN4O2. The summed E-state index contributed by atoms with van der Waals surface area (Å²) in [6.45, 7) is 4.41. The number of carbonyl (C=O) groups is 1. The first-order chi connectivity index (χ1) is 15.0. The highest BCUT2D eigenvalue weighted by molar-refractivity contribution is 6.03. The molecule has 7 heteroatoms. The van der Waals surface area contributed by atoms with E-state index in [4.69, 9.17) is 4.74 Å². The Kier molecular flexibility index (Phi) is 5.75. The largest absolute Gasteiger partial charge is 0.489 e. The number of hydrogen-bond acceptors (Lipinski definition) is 4. The Morgan fingerprint density at radius 2 is 1.87 bits per heavy atom. The Morgan fingerprint density at radius 3 is 2.61 bits per heavy atom. The number of aryl methyl sites for hydroxylation is 2. The van der Waals surface area contributed by atoms with Crippen LogP contribution in [0.2, 0.25) is 0 Å². The maximum Gasteiger partial charge on any atom is 0.277 e. The fourth-order valence-corrected chi connectivity index (χ4v) is 3.11. The Labute approximate surface area is 179 Å². The summed E-state index contributed by atoms with van der Waals surface area (Å²) in [4.78, 5) is 12.6. The van der Waals surface area contributed by atoms with E-state index in [9.17, 15) is 9.18 Å². The SMILES string of the molecule is Cc1cccc(COc2ccc(NC(=O)c3cn(-c4ccc(F)cc4)nn3)c(C)c2)c1. The summed E-state index contributed by atoms with van der Waals surface area (Å²) in [5.41, 5.74) is 4.57. The van der Waals surface area contributed by atoms with Gasteiger partial charge in [0.1, 0.15) is 18.2 Å². The second kappa shape index (κ2) is 8.79.